The fraction of sp³-hybridized carbons (Fsp3) is 0.200. The minimum Gasteiger partial charge on any atom is -0.469 e. The van der Waals surface area contributed by atoms with Crippen LogP contribution in [0.4, 0.5) is 0 Å². The molecule has 2 aromatic heterocycles. The van der Waals surface area contributed by atoms with Crippen molar-refractivity contribution in [2.75, 3.05) is 0 Å². The molecule has 0 radical (unpaired) electrons. The quantitative estimate of drug-likeness (QED) is 0.805. The van der Waals surface area contributed by atoms with Gasteiger partial charge in [-0.15, -0.1) is 0 Å². The number of furan rings is 1. The third kappa shape index (κ3) is 2.44. The van der Waals surface area contributed by atoms with Crippen molar-refractivity contribution in [1.82, 2.24) is 9.55 Å². The molecule has 15 heavy (non-hydrogen) atoms. The summed E-state index contributed by atoms with van der Waals surface area (Å²) in [6.07, 6.45) is 4.08. The summed E-state index contributed by atoms with van der Waals surface area (Å²) >= 11 is 5.01. The van der Waals surface area contributed by atoms with Crippen LogP contribution in [-0.4, -0.2) is 9.55 Å². The molecule has 2 heterocycles. The Kier molecular flexibility index (Phi) is 2.82. The number of rotatable bonds is 3. The van der Waals surface area contributed by atoms with Crippen molar-refractivity contribution in [1.29, 1.82) is 0 Å². The van der Waals surface area contributed by atoms with Gasteiger partial charge in [0.25, 0.3) is 5.56 Å². The Bertz CT molecular complexity index is 539. The number of nitrogens with one attached hydrogen (secondary N) is 1. The summed E-state index contributed by atoms with van der Waals surface area (Å²) < 4.78 is 7.44. The second-order valence-corrected chi connectivity index (χ2v) is 3.52. The average Bonchev–Trinajstić information content (AvgIpc) is 2.69. The highest BCUT2D eigenvalue weighted by molar-refractivity contribution is 7.71. The molecule has 2 aromatic rings. The van der Waals surface area contributed by atoms with Crippen molar-refractivity contribution in [2.45, 2.75) is 13.0 Å². The molecule has 0 bridgehead atoms. The van der Waals surface area contributed by atoms with Crippen LogP contribution in [0.1, 0.15) is 5.76 Å². The lowest BCUT2D eigenvalue weighted by Crippen LogP contribution is -2.12. The lowest BCUT2D eigenvalue weighted by Gasteiger charge is -2.03. The highest BCUT2D eigenvalue weighted by Crippen LogP contribution is 2.02. The van der Waals surface area contributed by atoms with Gasteiger partial charge in [0.2, 0.25) is 0 Å². The summed E-state index contributed by atoms with van der Waals surface area (Å²) in [6.45, 7) is 0.698. The van der Waals surface area contributed by atoms with E-state index in [1.165, 1.54) is 6.07 Å². The van der Waals surface area contributed by atoms with Crippen molar-refractivity contribution >= 4 is 12.2 Å². The van der Waals surface area contributed by atoms with E-state index >= 15 is 0 Å². The Morgan fingerprint density at radius 2 is 2.33 bits per heavy atom. The lowest BCUT2D eigenvalue weighted by atomic mass is 10.3. The summed E-state index contributed by atoms with van der Waals surface area (Å²) in [5, 5.41) is 0. The smallest absolute Gasteiger partial charge is 0.251 e. The summed E-state index contributed by atoms with van der Waals surface area (Å²) in [5.41, 5.74) is -0.172. The van der Waals surface area contributed by atoms with Crippen LogP contribution in [0.5, 0.6) is 0 Å². The summed E-state index contributed by atoms with van der Waals surface area (Å²) in [5.74, 6) is 0.906. The first-order valence-corrected chi connectivity index (χ1v) is 4.99. The lowest BCUT2D eigenvalue weighted by molar-refractivity contribution is 0.488. The third-order valence-electron chi connectivity index (χ3n) is 2.08. The van der Waals surface area contributed by atoms with Gasteiger partial charge in [-0.05, 0) is 24.4 Å². The molecule has 0 aromatic carbocycles. The molecular weight excluding hydrogens is 212 g/mol. The van der Waals surface area contributed by atoms with E-state index in [0.717, 1.165) is 12.2 Å². The molecule has 0 fully saturated rings. The van der Waals surface area contributed by atoms with Gasteiger partial charge < -0.3 is 8.98 Å². The van der Waals surface area contributed by atoms with Gasteiger partial charge in [0, 0.05) is 25.2 Å². The topological polar surface area (TPSA) is 50.9 Å². The van der Waals surface area contributed by atoms with Crippen molar-refractivity contribution in [3.8, 4) is 0 Å². The van der Waals surface area contributed by atoms with Crippen LogP contribution >= 0.6 is 12.2 Å². The molecule has 78 valence electrons. The van der Waals surface area contributed by atoms with E-state index in [4.69, 9.17) is 16.6 Å². The van der Waals surface area contributed by atoms with E-state index in [0.29, 0.717) is 11.3 Å². The first-order chi connectivity index (χ1) is 7.25. The number of aromatic amines is 1. The Hall–Kier alpha value is -1.62. The molecule has 0 unspecified atom stereocenters. The van der Waals surface area contributed by atoms with Gasteiger partial charge in [-0.3, -0.25) is 9.78 Å². The SMILES string of the molecule is O=c1ccn(CCc2ccco2)c(=S)[nH]1. The van der Waals surface area contributed by atoms with Crippen LogP contribution in [0.2, 0.25) is 0 Å². The van der Waals surface area contributed by atoms with Crippen LogP contribution < -0.4 is 5.56 Å². The maximum Gasteiger partial charge on any atom is 0.251 e. The predicted molar refractivity (Wildman–Crippen MR) is 58.3 cm³/mol. The number of H-pyrrole nitrogens is 1. The second kappa shape index (κ2) is 4.27. The number of hydrogen-bond donors (Lipinski definition) is 1. The molecule has 0 aliphatic heterocycles. The van der Waals surface area contributed by atoms with Crippen molar-refractivity contribution < 1.29 is 4.42 Å². The molecule has 0 aliphatic rings. The van der Waals surface area contributed by atoms with Gasteiger partial charge in [0.1, 0.15) is 5.76 Å². The standard InChI is InChI=1S/C10H10N2O2S/c13-9-4-6-12(10(15)11-9)5-3-8-2-1-7-14-8/h1-2,4,6-7H,3,5H2,(H,11,13,15). The Morgan fingerprint density at radius 3 is 3.00 bits per heavy atom. The van der Waals surface area contributed by atoms with E-state index in [2.05, 4.69) is 4.98 Å². The number of nitrogens with zero attached hydrogens (tertiary/aromatic N) is 1. The zero-order valence-electron chi connectivity index (χ0n) is 7.97. The van der Waals surface area contributed by atoms with E-state index in [1.807, 2.05) is 12.1 Å². The predicted octanol–water partition coefficient (Wildman–Crippen LogP) is 1.74. The summed E-state index contributed by atoms with van der Waals surface area (Å²) in [7, 11) is 0. The molecule has 0 spiro atoms. The fourth-order valence-corrected chi connectivity index (χ4v) is 1.56. The second-order valence-electron chi connectivity index (χ2n) is 3.13. The van der Waals surface area contributed by atoms with E-state index in [-0.39, 0.29) is 5.56 Å². The van der Waals surface area contributed by atoms with Crippen LogP contribution in [-0.2, 0) is 13.0 Å². The molecule has 0 saturated carbocycles. The summed E-state index contributed by atoms with van der Waals surface area (Å²) in [6, 6.07) is 5.22. The molecule has 4 nitrogen and oxygen atoms in total. The molecule has 1 N–H and O–H groups in total. The van der Waals surface area contributed by atoms with Crippen LogP contribution in [0.15, 0.2) is 39.9 Å². The van der Waals surface area contributed by atoms with E-state index < -0.39 is 0 Å². The van der Waals surface area contributed by atoms with Crippen molar-refractivity contribution in [3.05, 3.63) is 51.5 Å². The van der Waals surface area contributed by atoms with Gasteiger partial charge in [-0.1, -0.05) is 0 Å². The fourth-order valence-electron chi connectivity index (χ4n) is 1.31. The van der Waals surface area contributed by atoms with Crippen molar-refractivity contribution in [2.24, 2.45) is 0 Å². The zero-order chi connectivity index (χ0) is 10.7. The number of aryl methyl sites for hydroxylation is 2. The molecule has 0 saturated heterocycles. The van der Waals surface area contributed by atoms with Gasteiger partial charge in [-0.2, -0.15) is 0 Å². The number of hydrogen-bond acceptors (Lipinski definition) is 3. The van der Waals surface area contributed by atoms with E-state index in [1.54, 1.807) is 17.0 Å². The van der Waals surface area contributed by atoms with E-state index in [9.17, 15) is 4.79 Å². The molecule has 0 amide bonds. The highest BCUT2D eigenvalue weighted by atomic mass is 32.1. The minimum absolute atomic E-state index is 0.172. The first kappa shape index (κ1) is 9.92. The number of aromatic nitrogens is 2. The van der Waals surface area contributed by atoms with Gasteiger partial charge in [-0.25, -0.2) is 0 Å². The molecule has 2 rings (SSSR count). The average molecular weight is 222 g/mol. The van der Waals surface area contributed by atoms with Gasteiger partial charge in [0.15, 0.2) is 4.77 Å². The maximum absolute atomic E-state index is 10.9. The van der Waals surface area contributed by atoms with Crippen LogP contribution in [0.25, 0.3) is 0 Å². The normalized spacial score (nSPS) is 10.4. The van der Waals surface area contributed by atoms with Crippen molar-refractivity contribution in [3.63, 3.8) is 0 Å². The largest absolute Gasteiger partial charge is 0.469 e. The zero-order valence-corrected chi connectivity index (χ0v) is 8.79. The Labute approximate surface area is 91.2 Å². The van der Waals surface area contributed by atoms with Crippen LogP contribution in [0.3, 0.4) is 0 Å². The minimum atomic E-state index is -0.172. The Morgan fingerprint density at radius 1 is 1.47 bits per heavy atom. The van der Waals surface area contributed by atoms with Crippen LogP contribution in [0, 0.1) is 4.77 Å². The molecule has 5 heteroatoms. The highest BCUT2D eigenvalue weighted by Gasteiger charge is 1.97. The maximum atomic E-state index is 10.9. The monoisotopic (exact) mass is 222 g/mol. The first-order valence-electron chi connectivity index (χ1n) is 4.58. The molecule has 0 aliphatic carbocycles. The summed E-state index contributed by atoms with van der Waals surface area (Å²) in [4.78, 5) is 13.5. The van der Waals surface area contributed by atoms with Gasteiger partial charge in [0.05, 0.1) is 6.26 Å². The molecular formula is C10H10N2O2S. The van der Waals surface area contributed by atoms with Gasteiger partial charge >= 0.3 is 0 Å². The molecule has 0 atom stereocenters. The Balaban J connectivity index is 2.12. The third-order valence-corrected chi connectivity index (χ3v) is 2.41.